The molecule has 4 aromatic rings. The molecule has 2 aromatic heterocycles. The van der Waals surface area contributed by atoms with Gasteiger partial charge in [0.15, 0.2) is 0 Å². The van der Waals surface area contributed by atoms with Crippen LogP contribution < -0.4 is 5.32 Å². The summed E-state index contributed by atoms with van der Waals surface area (Å²) in [5, 5.41) is 4.70. The van der Waals surface area contributed by atoms with Crippen LogP contribution in [0.5, 0.6) is 0 Å². The van der Waals surface area contributed by atoms with Gasteiger partial charge in [0.2, 0.25) is 11.8 Å². The van der Waals surface area contributed by atoms with E-state index in [9.17, 15) is 14.0 Å². The summed E-state index contributed by atoms with van der Waals surface area (Å²) in [6.45, 7) is 2.78. The van der Waals surface area contributed by atoms with Crippen LogP contribution in [-0.4, -0.2) is 28.2 Å². The number of benzene rings is 2. The van der Waals surface area contributed by atoms with Gasteiger partial charge in [0.25, 0.3) is 0 Å². The number of thiazole rings is 1. The molecule has 0 fully saturated rings. The van der Waals surface area contributed by atoms with Crippen molar-refractivity contribution < 1.29 is 14.0 Å². The second kappa shape index (κ2) is 8.44. The molecule has 5 nitrogen and oxygen atoms in total. The Bertz CT molecular complexity index is 1290. The van der Waals surface area contributed by atoms with Crippen molar-refractivity contribution in [1.29, 1.82) is 0 Å². The SMILES string of the molecule is CC(=O)N1CCc2c(sc(NC(=O)Cc3ccc(F)cc3)c2-c2nc3ccccc3s2)C1. The third-order valence-electron chi connectivity index (χ3n) is 5.54. The van der Waals surface area contributed by atoms with Crippen LogP contribution in [0.15, 0.2) is 48.5 Å². The molecular formula is C24H20FN3O2S2. The molecule has 0 spiro atoms. The number of fused-ring (bicyclic) bond motifs is 2. The largest absolute Gasteiger partial charge is 0.337 e. The summed E-state index contributed by atoms with van der Waals surface area (Å²) in [5.41, 5.74) is 3.79. The fraction of sp³-hybridized carbons (Fsp3) is 0.208. The average molecular weight is 466 g/mol. The molecule has 0 atom stereocenters. The molecule has 0 saturated heterocycles. The van der Waals surface area contributed by atoms with Gasteiger partial charge >= 0.3 is 0 Å². The van der Waals surface area contributed by atoms with Crippen molar-refractivity contribution in [3.63, 3.8) is 0 Å². The van der Waals surface area contributed by atoms with Gasteiger partial charge < -0.3 is 10.2 Å². The van der Waals surface area contributed by atoms with E-state index in [4.69, 9.17) is 4.98 Å². The minimum absolute atomic E-state index is 0.0486. The van der Waals surface area contributed by atoms with Crippen LogP contribution in [0, 0.1) is 5.82 Å². The molecule has 2 amide bonds. The average Bonchev–Trinajstić information content (AvgIpc) is 3.35. The third kappa shape index (κ3) is 4.03. The lowest BCUT2D eigenvalue weighted by molar-refractivity contribution is -0.129. The van der Waals surface area contributed by atoms with Crippen molar-refractivity contribution in [2.24, 2.45) is 0 Å². The van der Waals surface area contributed by atoms with Crippen LogP contribution in [0.25, 0.3) is 20.8 Å². The minimum Gasteiger partial charge on any atom is -0.337 e. The molecule has 0 bridgehead atoms. The van der Waals surface area contributed by atoms with Crippen molar-refractivity contribution in [3.8, 4) is 10.6 Å². The van der Waals surface area contributed by atoms with E-state index in [0.29, 0.717) is 13.1 Å². The van der Waals surface area contributed by atoms with Crippen LogP contribution >= 0.6 is 22.7 Å². The number of nitrogens with zero attached hydrogens (tertiary/aromatic N) is 2. The monoisotopic (exact) mass is 465 g/mol. The summed E-state index contributed by atoms with van der Waals surface area (Å²) >= 11 is 3.11. The number of rotatable bonds is 4. The maximum Gasteiger partial charge on any atom is 0.229 e. The maximum absolute atomic E-state index is 13.2. The molecule has 0 aliphatic carbocycles. The number of amides is 2. The Hall–Kier alpha value is -3.10. The van der Waals surface area contributed by atoms with Crippen LogP contribution in [-0.2, 0) is 29.0 Å². The summed E-state index contributed by atoms with van der Waals surface area (Å²) in [4.78, 5) is 32.5. The number of para-hydroxylation sites is 1. The number of nitrogens with one attached hydrogen (secondary N) is 1. The van der Waals surface area contributed by atoms with Gasteiger partial charge in [-0.2, -0.15) is 0 Å². The number of hydrogen-bond donors (Lipinski definition) is 1. The standard InChI is InChI=1S/C24H20FN3O2S2/c1-14(29)28-11-10-17-20(13-28)32-24(27-21(30)12-15-6-8-16(25)9-7-15)22(17)23-26-18-4-2-3-5-19(18)31-23/h2-9H,10-13H2,1H3,(H,27,30). The van der Waals surface area contributed by atoms with E-state index in [1.165, 1.54) is 23.5 Å². The lowest BCUT2D eigenvalue weighted by atomic mass is 10.0. The number of hydrogen-bond acceptors (Lipinski definition) is 5. The zero-order valence-electron chi connectivity index (χ0n) is 17.4. The summed E-state index contributed by atoms with van der Waals surface area (Å²) in [5.74, 6) is -0.443. The molecule has 0 radical (unpaired) electrons. The predicted octanol–water partition coefficient (Wildman–Crippen LogP) is 5.25. The van der Waals surface area contributed by atoms with Crippen LogP contribution in [0.4, 0.5) is 9.39 Å². The van der Waals surface area contributed by atoms with Gasteiger partial charge in [0.05, 0.1) is 23.2 Å². The molecule has 2 aromatic carbocycles. The first-order chi connectivity index (χ1) is 15.5. The van der Waals surface area contributed by atoms with Gasteiger partial charge in [-0.1, -0.05) is 24.3 Å². The lowest BCUT2D eigenvalue weighted by Gasteiger charge is -2.26. The van der Waals surface area contributed by atoms with Gasteiger partial charge in [-0.25, -0.2) is 9.37 Å². The van der Waals surface area contributed by atoms with Gasteiger partial charge in [0, 0.05) is 23.9 Å². The van der Waals surface area contributed by atoms with E-state index >= 15 is 0 Å². The fourth-order valence-electron chi connectivity index (χ4n) is 3.92. The first kappa shape index (κ1) is 20.8. The first-order valence-corrected chi connectivity index (χ1v) is 11.9. The van der Waals surface area contributed by atoms with E-state index in [2.05, 4.69) is 5.32 Å². The number of halogens is 1. The topological polar surface area (TPSA) is 62.3 Å². The van der Waals surface area contributed by atoms with Gasteiger partial charge in [0.1, 0.15) is 15.8 Å². The van der Waals surface area contributed by atoms with E-state index in [1.807, 2.05) is 29.2 Å². The number of carbonyl (C=O) groups is 2. The summed E-state index contributed by atoms with van der Waals surface area (Å²) < 4.78 is 14.3. The van der Waals surface area contributed by atoms with E-state index in [1.54, 1.807) is 30.4 Å². The van der Waals surface area contributed by atoms with Crippen molar-refractivity contribution in [2.75, 3.05) is 11.9 Å². The summed E-state index contributed by atoms with van der Waals surface area (Å²) in [6.07, 6.45) is 0.881. The molecule has 8 heteroatoms. The Morgan fingerprint density at radius 2 is 1.91 bits per heavy atom. The Morgan fingerprint density at radius 3 is 2.66 bits per heavy atom. The molecule has 1 N–H and O–H groups in total. The Kier molecular flexibility index (Phi) is 5.48. The molecule has 0 unspecified atom stereocenters. The zero-order chi connectivity index (χ0) is 22.2. The van der Waals surface area contributed by atoms with E-state index < -0.39 is 0 Å². The second-order valence-corrected chi connectivity index (χ2v) is 9.87. The number of aromatic nitrogens is 1. The minimum atomic E-state index is -0.326. The number of thiophene rings is 1. The lowest BCUT2D eigenvalue weighted by Crippen LogP contribution is -2.33. The number of anilines is 1. The second-order valence-electron chi connectivity index (χ2n) is 7.74. The van der Waals surface area contributed by atoms with Crippen molar-refractivity contribution in [2.45, 2.75) is 26.3 Å². The van der Waals surface area contributed by atoms with Crippen LogP contribution in [0.3, 0.4) is 0 Å². The maximum atomic E-state index is 13.2. The molecule has 3 heterocycles. The van der Waals surface area contributed by atoms with Crippen molar-refractivity contribution in [1.82, 2.24) is 9.88 Å². The highest BCUT2D eigenvalue weighted by molar-refractivity contribution is 7.22. The third-order valence-corrected chi connectivity index (χ3v) is 7.73. The Balaban J connectivity index is 1.51. The highest BCUT2D eigenvalue weighted by atomic mass is 32.1. The van der Waals surface area contributed by atoms with Gasteiger partial charge in [-0.15, -0.1) is 22.7 Å². The molecule has 1 aliphatic rings. The predicted molar refractivity (Wildman–Crippen MR) is 126 cm³/mol. The van der Waals surface area contributed by atoms with Crippen molar-refractivity contribution >= 4 is 49.7 Å². The Morgan fingerprint density at radius 1 is 1.12 bits per heavy atom. The zero-order valence-corrected chi connectivity index (χ0v) is 19.0. The van der Waals surface area contributed by atoms with Crippen molar-refractivity contribution in [3.05, 3.63) is 70.4 Å². The van der Waals surface area contributed by atoms with E-state index in [0.717, 1.165) is 48.2 Å². The quantitative estimate of drug-likeness (QED) is 0.448. The highest BCUT2D eigenvalue weighted by Gasteiger charge is 2.28. The first-order valence-electron chi connectivity index (χ1n) is 10.3. The molecule has 32 heavy (non-hydrogen) atoms. The molecule has 1 aliphatic heterocycles. The fourth-order valence-corrected chi connectivity index (χ4v) is 6.31. The van der Waals surface area contributed by atoms with Crippen LogP contribution in [0.2, 0.25) is 0 Å². The normalized spacial score (nSPS) is 13.2. The summed E-state index contributed by atoms with van der Waals surface area (Å²) in [7, 11) is 0. The molecular weight excluding hydrogens is 445 g/mol. The smallest absolute Gasteiger partial charge is 0.229 e. The Labute approximate surface area is 192 Å². The molecule has 5 rings (SSSR count). The van der Waals surface area contributed by atoms with E-state index in [-0.39, 0.29) is 24.1 Å². The number of carbonyl (C=O) groups excluding carboxylic acids is 2. The molecule has 0 saturated carbocycles. The van der Waals surface area contributed by atoms with Gasteiger partial charge in [-0.05, 0) is 41.8 Å². The highest BCUT2D eigenvalue weighted by Crippen LogP contribution is 2.45. The summed E-state index contributed by atoms with van der Waals surface area (Å²) in [6, 6.07) is 13.9. The molecule has 162 valence electrons. The van der Waals surface area contributed by atoms with Crippen LogP contribution in [0.1, 0.15) is 22.9 Å². The van der Waals surface area contributed by atoms with Gasteiger partial charge in [-0.3, -0.25) is 9.59 Å².